The van der Waals surface area contributed by atoms with Crippen molar-refractivity contribution in [2.24, 2.45) is 0 Å². The monoisotopic (exact) mass is 218 g/mol. The van der Waals surface area contributed by atoms with Crippen molar-refractivity contribution in [1.29, 1.82) is 0 Å². The van der Waals surface area contributed by atoms with Gasteiger partial charge in [-0.1, -0.05) is 12.1 Å². The van der Waals surface area contributed by atoms with Crippen molar-refractivity contribution in [3.05, 3.63) is 35.6 Å². The van der Waals surface area contributed by atoms with Crippen molar-refractivity contribution in [3.63, 3.8) is 0 Å². The topological polar surface area (TPSA) is 77.8 Å². The van der Waals surface area contributed by atoms with Crippen LogP contribution in [0.5, 0.6) is 0 Å². The second kappa shape index (κ2) is 3.77. The third-order valence-electron chi connectivity index (χ3n) is 2.31. The molecule has 0 unspecified atom stereocenters. The van der Waals surface area contributed by atoms with E-state index in [1.54, 1.807) is 25.1 Å². The van der Waals surface area contributed by atoms with E-state index in [9.17, 15) is 4.39 Å². The summed E-state index contributed by atoms with van der Waals surface area (Å²) in [5, 5.41) is 0. The lowest BCUT2D eigenvalue weighted by atomic mass is 10.1. The van der Waals surface area contributed by atoms with Crippen molar-refractivity contribution in [1.82, 2.24) is 9.97 Å². The van der Waals surface area contributed by atoms with Crippen molar-refractivity contribution in [2.75, 3.05) is 11.5 Å². The van der Waals surface area contributed by atoms with E-state index in [2.05, 4.69) is 9.97 Å². The molecule has 0 spiro atoms. The third kappa shape index (κ3) is 1.79. The number of rotatable bonds is 1. The summed E-state index contributed by atoms with van der Waals surface area (Å²) in [4.78, 5) is 7.79. The molecule has 0 amide bonds. The van der Waals surface area contributed by atoms with E-state index < -0.39 is 0 Å². The lowest BCUT2D eigenvalue weighted by molar-refractivity contribution is 0.619. The van der Waals surface area contributed by atoms with Gasteiger partial charge in [0.1, 0.15) is 11.6 Å². The van der Waals surface area contributed by atoms with E-state index in [-0.39, 0.29) is 17.6 Å². The van der Waals surface area contributed by atoms with Crippen LogP contribution in [-0.4, -0.2) is 9.97 Å². The van der Waals surface area contributed by atoms with Crippen molar-refractivity contribution in [2.45, 2.75) is 6.92 Å². The summed E-state index contributed by atoms with van der Waals surface area (Å²) in [6, 6.07) is 6.34. The Bertz CT molecular complexity index is 519. The molecule has 16 heavy (non-hydrogen) atoms. The van der Waals surface area contributed by atoms with E-state index >= 15 is 0 Å². The Labute approximate surface area is 92.1 Å². The minimum atomic E-state index is -0.284. The van der Waals surface area contributed by atoms with Crippen LogP contribution in [0.2, 0.25) is 0 Å². The van der Waals surface area contributed by atoms with Gasteiger partial charge in [-0.3, -0.25) is 0 Å². The molecular formula is C11H11FN4. The Balaban J connectivity index is 2.63. The number of nitrogens with two attached hydrogens (primary N) is 2. The van der Waals surface area contributed by atoms with E-state index in [0.29, 0.717) is 16.8 Å². The lowest BCUT2D eigenvalue weighted by Crippen LogP contribution is -2.01. The fourth-order valence-electron chi connectivity index (χ4n) is 1.51. The number of anilines is 2. The zero-order valence-electron chi connectivity index (χ0n) is 8.74. The normalized spacial score (nSPS) is 10.4. The Morgan fingerprint density at radius 1 is 1.19 bits per heavy atom. The first-order valence-corrected chi connectivity index (χ1v) is 4.73. The van der Waals surface area contributed by atoms with Crippen LogP contribution >= 0.6 is 0 Å². The Kier molecular flexibility index (Phi) is 2.44. The smallest absolute Gasteiger partial charge is 0.222 e. The first-order chi connectivity index (χ1) is 7.58. The summed E-state index contributed by atoms with van der Waals surface area (Å²) >= 11 is 0. The van der Waals surface area contributed by atoms with Crippen molar-refractivity contribution in [3.8, 4) is 11.3 Å². The Morgan fingerprint density at radius 2 is 1.94 bits per heavy atom. The average Bonchev–Trinajstić information content (AvgIpc) is 2.20. The number of aromatic nitrogens is 2. The van der Waals surface area contributed by atoms with Gasteiger partial charge < -0.3 is 11.5 Å². The number of nitrogens with zero attached hydrogens (tertiary/aromatic N) is 2. The molecule has 0 bridgehead atoms. The summed E-state index contributed by atoms with van der Waals surface area (Å²) in [6.07, 6.45) is 0. The molecule has 0 saturated heterocycles. The van der Waals surface area contributed by atoms with Crippen LogP contribution in [-0.2, 0) is 0 Å². The zero-order valence-corrected chi connectivity index (χ0v) is 8.74. The van der Waals surface area contributed by atoms with Crippen molar-refractivity contribution >= 4 is 11.8 Å². The van der Waals surface area contributed by atoms with Gasteiger partial charge in [0.05, 0.1) is 5.69 Å². The van der Waals surface area contributed by atoms with E-state index in [0.717, 1.165) is 0 Å². The van der Waals surface area contributed by atoms with Gasteiger partial charge in [-0.2, -0.15) is 4.98 Å². The second-order valence-corrected chi connectivity index (χ2v) is 3.45. The highest BCUT2D eigenvalue weighted by molar-refractivity contribution is 5.66. The van der Waals surface area contributed by atoms with Crippen LogP contribution in [0.15, 0.2) is 24.3 Å². The van der Waals surface area contributed by atoms with Gasteiger partial charge in [-0.05, 0) is 18.6 Å². The minimum Gasteiger partial charge on any atom is -0.384 e. The fourth-order valence-corrected chi connectivity index (χ4v) is 1.51. The molecule has 4 N–H and O–H groups in total. The molecular weight excluding hydrogens is 207 g/mol. The third-order valence-corrected chi connectivity index (χ3v) is 2.31. The van der Waals surface area contributed by atoms with Crippen LogP contribution in [0.1, 0.15) is 5.56 Å². The van der Waals surface area contributed by atoms with E-state index in [4.69, 9.17) is 11.5 Å². The van der Waals surface area contributed by atoms with Crippen molar-refractivity contribution < 1.29 is 4.39 Å². The van der Waals surface area contributed by atoms with Crippen LogP contribution in [0, 0.1) is 12.7 Å². The van der Waals surface area contributed by atoms with Gasteiger partial charge in [0.25, 0.3) is 0 Å². The lowest BCUT2D eigenvalue weighted by Gasteiger charge is -2.07. The van der Waals surface area contributed by atoms with Gasteiger partial charge in [-0.15, -0.1) is 0 Å². The molecule has 0 aliphatic heterocycles. The van der Waals surface area contributed by atoms with Crippen LogP contribution < -0.4 is 11.5 Å². The number of halogens is 1. The van der Waals surface area contributed by atoms with E-state index in [1.165, 1.54) is 6.07 Å². The summed E-state index contributed by atoms with van der Waals surface area (Å²) in [5.41, 5.74) is 12.8. The SMILES string of the molecule is Cc1c(F)cccc1-c1cc(N)nc(N)n1. The maximum Gasteiger partial charge on any atom is 0.222 e. The molecule has 1 heterocycles. The van der Waals surface area contributed by atoms with Crippen LogP contribution in [0.4, 0.5) is 16.2 Å². The minimum absolute atomic E-state index is 0.0821. The van der Waals surface area contributed by atoms with Gasteiger partial charge in [0.2, 0.25) is 5.95 Å². The molecule has 0 fully saturated rings. The maximum atomic E-state index is 13.4. The summed E-state index contributed by atoms with van der Waals surface area (Å²) in [7, 11) is 0. The van der Waals surface area contributed by atoms with E-state index in [1.807, 2.05) is 0 Å². The number of hydrogen-bond donors (Lipinski definition) is 2. The molecule has 82 valence electrons. The number of benzene rings is 1. The fraction of sp³-hybridized carbons (Fsp3) is 0.0909. The van der Waals surface area contributed by atoms with Crippen LogP contribution in [0.3, 0.4) is 0 Å². The summed E-state index contributed by atoms with van der Waals surface area (Å²) < 4.78 is 13.4. The first kappa shape index (κ1) is 10.4. The quantitative estimate of drug-likeness (QED) is 0.764. The highest BCUT2D eigenvalue weighted by atomic mass is 19.1. The largest absolute Gasteiger partial charge is 0.384 e. The maximum absolute atomic E-state index is 13.4. The number of nitrogen functional groups attached to an aromatic ring is 2. The average molecular weight is 218 g/mol. The highest BCUT2D eigenvalue weighted by Gasteiger charge is 2.08. The van der Waals surface area contributed by atoms with Gasteiger partial charge >= 0.3 is 0 Å². The van der Waals surface area contributed by atoms with Crippen LogP contribution in [0.25, 0.3) is 11.3 Å². The molecule has 0 atom stereocenters. The van der Waals surface area contributed by atoms with Gasteiger partial charge in [0.15, 0.2) is 0 Å². The highest BCUT2D eigenvalue weighted by Crippen LogP contribution is 2.24. The first-order valence-electron chi connectivity index (χ1n) is 4.73. The molecule has 2 rings (SSSR count). The predicted molar refractivity (Wildman–Crippen MR) is 61.0 cm³/mol. The molecule has 0 saturated carbocycles. The zero-order chi connectivity index (χ0) is 11.7. The van der Waals surface area contributed by atoms with Gasteiger partial charge in [0, 0.05) is 11.6 Å². The Hall–Kier alpha value is -2.17. The predicted octanol–water partition coefficient (Wildman–Crippen LogP) is 1.76. The molecule has 1 aromatic carbocycles. The molecule has 0 aliphatic rings. The molecule has 4 nitrogen and oxygen atoms in total. The van der Waals surface area contributed by atoms with Gasteiger partial charge in [-0.25, -0.2) is 9.37 Å². The molecule has 0 radical (unpaired) electrons. The molecule has 0 aliphatic carbocycles. The Morgan fingerprint density at radius 3 is 2.62 bits per heavy atom. The molecule has 5 heteroatoms. The molecule has 1 aromatic heterocycles. The molecule has 2 aromatic rings. The summed E-state index contributed by atoms with van der Waals surface area (Å²) in [5.74, 6) is 0.0677. The standard InChI is InChI=1S/C11H11FN4/c1-6-7(3-2-4-8(6)12)9-5-10(13)16-11(14)15-9/h2-5H,1H3,(H4,13,14,15,16). The number of hydrogen-bond acceptors (Lipinski definition) is 4. The summed E-state index contributed by atoms with van der Waals surface area (Å²) in [6.45, 7) is 1.68. The second-order valence-electron chi connectivity index (χ2n) is 3.45.